The van der Waals surface area contributed by atoms with E-state index in [0.29, 0.717) is 5.56 Å². The van der Waals surface area contributed by atoms with Gasteiger partial charge in [0.15, 0.2) is 11.5 Å². The van der Waals surface area contributed by atoms with Gasteiger partial charge in [0, 0.05) is 10.3 Å². The van der Waals surface area contributed by atoms with Crippen molar-refractivity contribution < 1.29 is 13.9 Å². The summed E-state index contributed by atoms with van der Waals surface area (Å²) >= 11 is 7.46. The van der Waals surface area contributed by atoms with Crippen LogP contribution in [0.1, 0.15) is 10.5 Å². The maximum Gasteiger partial charge on any atom is 0.358 e. The number of esters is 1. The fraction of sp³-hybridized carbons (Fsp3) is 0.0667. The highest BCUT2D eigenvalue weighted by Gasteiger charge is 2.22. The number of nitrogens with zero attached hydrogens (tertiary/aromatic N) is 1. The summed E-state index contributed by atoms with van der Waals surface area (Å²) in [5.74, 6) is -1.53. The van der Waals surface area contributed by atoms with Gasteiger partial charge in [0.2, 0.25) is 0 Å². The maximum absolute atomic E-state index is 14.4. The summed E-state index contributed by atoms with van der Waals surface area (Å²) in [7, 11) is 1.19. The van der Waals surface area contributed by atoms with Crippen molar-refractivity contribution in [2.24, 2.45) is 0 Å². The molecule has 0 aliphatic rings. The predicted molar refractivity (Wildman–Crippen MR) is 85.8 cm³/mol. The summed E-state index contributed by atoms with van der Waals surface area (Å²) in [5, 5.41) is 2.65. The Bertz CT molecular complexity index is 895. The SMILES string of the molecule is COC(=O)c1nc(-c2ccc3sccc3c2)c(F)c(N)c1Cl. The average molecular weight is 337 g/mol. The molecule has 0 bridgehead atoms. The first-order chi connectivity index (χ1) is 10.5. The normalized spacial score (nSPS) is 10.9. The van der Waals surface area contributed by atoms with Gasteiger partial charge in [-0.3, -0.25) is 0 Å². The number of carbonyl (C=O) groups excluding carboxylic acids is 1. The van der Waals surface area contributed by atoms with Gasteiger partial charge in [0.1, 0.15) is 5.69 Å². The number of halogens is 2. The number of methoxy groups -OCH3 is 1. The highest BCUT2D eigenvalue weighted by Crippen LogP contribution is 2.34. The van der Waals surface area contributed by atoms with Gasteiger partial charge in [0.25, 0.3) is 0 Å². The Kier molecular flexibility index (Phi) is 3.72. The molecule has 0 amide bonds. The molecule has 0 radical (unpaired) electrons. The zero-order valence-corrected chi connectivity index (χ0v) is 13.0. The molecule has 0 spiro atoms. The van der Waals surface area contributed by atoms with E-state index in [-0.39, 0.29) is 22.1 Å². The molecule has 2 aromatic heterocycles. The van der Waals surface area contributed by atoms with Crippen LogP contribution in [0.2, 0.25) is 5.02 Å². The molecule has 2 heterocycles. The Labute approximate surface area is 134 Å². The van der Waals surface area contributed by atoms with E-state index < -0.39 is 11.8 Å². The first kappa shape index (κ1) is 14.7. The highest BCUT2D eigenvalue weighted by atomic mass is 35.5. The zero-order valence-electron chi connectivity index (χ0n) is 11.4. The molecule has 4 nitrogen and oxygen atoms in total. The molecule has 22 heavy (non-hydrogen) atoms. The minimum atomic E-state index is -0.769. The van der Waals surface area contributed by atoms with E-state index in [0.717, 1.165) is 10.1 Å². The predicted octanol–water partition coefficient (Wildman–Crippen LogP) is 4.12. The molecule has 2 N–H and O–H groups in total. The Morgan fingerprint density at radius 2 is 2.18 bits per heavy atom. The molecular weight excluding hydrogens is 327 g/mol. The zero-order chi connectivity index (χ0) is 15.9. The van der Waals surface area contributed by atoms with Crippen molar-refractivity contribution in [3.63, 3.8) is 0 Å². The number of carbonyl (C=O) groups is 1. The van der Waals surface area contributed by atoms with Gasteiger partial charge in [-0.05, 0) is 29.0 Å². The van der Waals surface area contributed by atoms with Gasteiger partial charge in [0.05, 0.1) is 17.8 Å². The van der Waals surface area contributed by atoms with Crippen LogP contribution in [0.15, 0.2) is 29.6 Å². The van der Waals surface area contributed by atoms with Crippen LogP contribution in [0, 0.1) is 5.82 Å². The molecule has 1 aromatic carbocycles. The summed E-state index contributed by atoms with van der Waals surface area (Å²) in [5.41, 5.74) is 5.61. The van der Waals surface area contributed by atoms with Crippen LogP contribution >= 0.6 is 22.9 Å². The van der Waals surface area contributed by atoms with Crippen LogP contribution in [0.4, 0.5) is 10.1 Å². The second kappa shape index (κ2) is 5.55. The van der Waals surface area contributed by atoms with E-state index in [4.69, 9.17) is 17.3 Å². The fourth-order valence-corrected chi connectivity index (χ4v) is 3.07. The second-order valence-corrected chi connectivity index (χ2v) is 5.84. The van der Waals surface area contributed by atoms with Crippen LogP contribution in [0.5, 0.6) is 0 Å². The Hall–Kier alpha value is -2.18. The lowest BCUT2D eigenvalue weighted by atomic mass is 10.1. The monoisotopic (exact) mass is 336 g/mol. The second-order valence-electron chi connectivity index (χ2n) is 4.52. The van der Waals surface area contributed by atoms with Gasteiger partial charge in [-0.1, -0.05) is 17.7 Å². The average Bonchev–Trinajstić information content (AvgIpc) is 2.99. The molecule has 0 atom stereocenters. The number of aromatic nitrogens is 1. The molecule has 0 unspecified atom stereocenters. The number of ether oxygens (including phenoxy) is 1. The highest BCUT2D eigenvalue weighted by molar-refractivity contribution is 7.17. The number of fused-ring (bicyclic) bond motifs is 1. The minimum absolute atomic E-state index is 0.0320. The van der Waals surface area contributed by atoms with Crippen molar-refractivity contribution in [1.29, 1.82) is 0 Å². The van der Waals surface area contributed by atoms with Crippen LogP contribution in [-0.4, -0.2) is 18.1 Å². The van der Waals surface area contributed by atoms with Gasteiger partial charge in [-0.2, -0.15) is 0 Å². The number of nitrogens with two attached hydrogens (primary N) is 1. The standard InChI is InChI=1S/C15H10ClFN2O2S/c1-21-15(20)14-10(16)12(18)11(17)13(19-14)8-2-3-9-7(6-8)4-5-22-9/h2-6H,1H3,(H2,18,19). The Morgan fingerprint density at radius 3 is 2.91 bits per heavy atom. The third-order valence-electron chi connectivity index (χ3n) is 3.22. The van der Waals surface area contributed by atoms with Gasteiger partial charge in [-0.25, -0.2) is 14.2 Å². The maximum atomic E-state index is 14.4. The fourth-order valence-electron chi connectivity index (χ4n) is 2.10. The molecule has 0 saturated heterocycles. The third-order valence-corrected chi connectivity index (χ3v) is 4.50. The van der Waals surface area contributed by atoms with E-state index in [1.165, 1.54) is 7.11 Å². The minimum Gasteiger partial charge on any atom is -0.464 e. The van der Waals surface area contributed by atoms with Crippen molar-refractivity contribution in [2.75, 3.05) is 12.8 Å². The first-order valence-corrected chi connectivity index (χ1v) is 7.49. The van der Waals surface area contributed by atoms with Crippen LogP contribution in [0.25, 0.3) is 21.3 Å². The molecule has 0 fully saturated rings. The lowest BCUT2D eigenvalue weighted by Crippen LogP contribution is -2.10. The quantitative estimate of drug-likeness (QED) is 0.715. The molecule has 0 aliphatic carbocycles. The Balaban J connectivity index is 2.25. The third kappa shape index (κ3) is 2.30. The lowest BCUT2D eigenvalue weighted by Gasteiger charge is -2.10. The van der Waals surface area contributed by atoms with Crippen molar-refractivity contribution in [3.05, 3.63) is 46.2 Å². The van der Waals surface area contributed by atoms with Crippen molar-refractivity contribution in [3.8, 4) is 11.3 Å². The van der Waals surface area contributed by atoms with Crippen LogP contribution in [0.3, 0.4) is 0 Å². The van der Waals surface area contributed by atoms with Crippen LogP contribution < -0.4 is 5.73 Å². The molecule has 3 rings (SSSR count). The molecule has 0 saturated carbocycles. The van der Waals surface area contributed by atoms with E-state index >= 15 is 0 Å². The number of benzene rings is 1. The first-order valence-electron chi connectivity index (χ1n) is 6.23. The number of rotatable bonds is 2. The largest absolute Gasteiger partial charge is 0.464 e. The summed E-state index contributed by atoms with van der Waals surface area (Å²) < 4.78 is 20.1. The van der Waals surface area contributed by atoms with E-state index in [1.807, 2.05) is 17.5 Å². The summed E-state index contributed by atoms with van der Waals surface area (Å²) in [6.07, 6.45) is 0. The van der Waals surface area contributed by atoms with Crippen molar-refractivity contribution in [1.82, 2.24) is 4.98 Å². The summed E-state index contributed by atoms with van der Waals surface area (Å²) in [6, 6.07) is 7.28. The van der Waals surface area contributed by atoms with Crippen molar-refractivity contribution in [2.45, 2.75) is 0 Å². The number of hydrogen-bond acceptors (Lipinski definition) is 5. The number of anilines is 1. The van der Waals surface area contributed by atoms with Gasteiger partial charge in [-0.15, -0.1) is 11.3 Å². The molecule has 7 heteroatoms. The summed E-state index contributed by atoms with van der Waals surface area (Å²) in [6.45, 7) is 0. The number of hydrogen-bond donors (Lipinski definition) is 1. The summed E-state index contributed by atoms with van der Waals surface area (Å²) in [4.78, 5) is 15.7. The molecule has 3 aromatic rings. The smallest absolute Gasteiger partial charge is 0.358 e. The number of nitrogen functional groups attached to an aromatic ring is 1. The number of pyridine rings is 1. The van der Waals surface area contributed by atoms with E-state index in [9.17, 15) is 9.18 Å². The Morgan fingerprint density at radius 1 is 1.41 bits per heavy atom. The topological polar surface area (TPSA) is 65.2 Å². The van der Waals surface area contributed by atoms with E-state index in [2.05, 4.69) is 9.72 Å². The van der Waals surface area contributed by atoms with Gasteiger partial charge >= 0.3 is 5.97 Å². The van der Waals surface area contributed by atoms with Crippen molar-refractivity contribution >= 4 is 44.7 Å². The molecular formula is C15H10ClFN2O2S. The number of thiophene rings is 1. The van der Waals surface area contributed by atoms with E-state index in [1.54, 1.807) is 23.5 Å². The molecule has 0 aliphatic heterocycles. The van der Waals surface area contributed by atoms with Crippen LogP contribution in [-0.2, 0) is 4.74 Å². The van der Waals surface area contributed by atoms with Gasteiger partial charge < -0.3 is 10.5 Å². The lowest BCUT2D eigenvalue weighted by molar-refractivity contribution is 0.0594. The molecule has 112 valence electrons.